The molecule has 0 aromatic carbocycles. The number of aryl methyl sites for hydroxylation is 1. The fraction of sp³-hybridized carbons (Fsp3) is 0.455. The first-order valence-corrected chi connectivity index (χ1v) is 5.36. The minimum Gasteiger partial charge on any atom is -0.459 e. The van der Waals surface area contributed by atoms with Crippen LogP contribution in [0.1, 0.15) is 37.2 Å². The molecule has 16 heavy (non-hydrogen) atoms. The Morgan fingerprint density at radius 3 is 2.94 bits per heavy atom. The Kier molecular flexibility index (Phi) is 3.05. The number of nitrogens with zero attached hydrogens (tertiary/aromatic N) is 2. The van der Waals surface area contributed by atoms with Crippen LogP contribution in [0.4, 0.5) is 0 Å². The Morgan fingerprint density at radius 1 is 1.50 bits per heavy atom. The molecule has 0 fully saturated rings. The third kappa shape index (κ3) is 1.99. The monoisotopic (exact) mass is 221 g/mol. The number of furan rings is 1. The summed E-state index contributed by atoms with van der Waals surface area (Å²) in [5.41, 5.74) is 6.87. The van der Waals surface area contributed by atoms with Gasteiger partial charge in [0.1, 0.15) is 0 Å². The number of rotatable bonds is 4. The minimum atomic E-state index is -0.169. The van der Waals surface area contributed by atoms with E-state index in [1.54, 1.807) is 6.26 Å². The van der Waals surface area contributed by atoms with Gasteiger partial charge in [0.25, 0.3) is 5.89 Å². The zero-order chi connectivity index (χ0) is 11.5. The average molecular weight is 221 g/mol. The maximum atomic E-state index is 5.89. The first-order chi connectivity index (χ1) is 7.72. The van der Waals surface area contributed by atoms with Crippen molar-refractivity contribution in [1.82, 2.24) is 10.1 Å². The highest BCUT2D eigenvalue weighted by Gasteiger charge is 2.17. The Labute approximate surface area is 93.6 Å². The second-order valence-corrected chi connectivity index (χ2v) is 3.79. The van der Waals surface area contributed by atoms with Crippen molar-refractivity contribution >= 4 is 0 Å². The van der Waals surface area contributed by atoms with Gasteiger partial charge < -0.3 is 14.7 Å². The number of nitrogens with two attached hydrogens (primary N) is 1. The Hall–Kier alpha value is -1.62. The average Bonchev–Trinajstić information content (AvgIpc) is 2.86. The standard InChI is InChI=1S/C11H15N3O2/c1-3-4-8(12)10-13-11(16-14-10)9-7(2)5-6-15-9/h5-6,8H,3-4,12H2,1-2H3. The first-order valence-electron chi connectivity index (χ1n) is 5.36. The molecule has 5 heteroatoms. The van der Waals surface area contributed by atoms with Gasteiger partial charge in [-0.3, -0.25) is 0 Å². The summed E-state index contributed by atoms with van der Waals surface area (Å²) in [6.07, 6.45) is 3.43. The van der Waals surface area contributed by atoms with Gasteiger partial charge in [-0.1, -0.05) is 18.5 Å². The Balaban J connectivity index is 2.23. The Morgan fingerprint density at radius 2 is 2.31 bits per heavy atom. The van der Waals surface area contributed by atoms with Gasteiger partial charge in [0, 0.05) is 5.56 Å². The molecule has 2 aromatic rings. The van der Waals surface area contributed by atoms with Crippen molar-refractivity contribution in [3.8, 4) is 11.7 Å². The summed E-state index contributed by atoms with van der Waals surface area (Å²) < 4.78 is 10.4. The molecule has 2 aromatic heterocycles. The van der Waals surface area contributed by atoms with Crippen LogP contribution in [-0.4, -0.2) is 10.1 Å². The second kappa shape index (κ2) is 4.49. The van der Waals surface area contributed by atoms with E-state index in [0.29, 0.717) is 17.5 Å². The molecule has 0 bridgehead atoms. The largest absolute Gasteiger partial charge is 0.459 e. The summed E-state index contributed by atoms with van der Waals surface area (Å²) in [4.78, 5) is 4.24. The maximum absolute atomic E-state index is 5.89. The summed E-state index contributed by atoms with van der Waals surface area (Å²) in [6, 6.07) is 1.68. The molecule has 0 saturated carbocycles. The van der Waals surface area contributed by atoms with Crippen LogP contribution in [0.3, 0.4) is 0 Å². The van der Waals surface area contributed by atoms with Crippen molar-refractivity contribution in [2.75, 3.05) is 0 Å². The normalized spacial score (nSPS) is 12.9. The highest BCUT2D eigenvalue weighted by molar-refractivity contribution is 5.49. The summed E-state index contributed by atoms with van der Waals surface area (Å²) in [7, 11) is 0. The van der Waals surface area contributed by atoms with Crippen LogP contribution < -0.4 is 5.73 Å². The van der Waals surface area contributed by atoms with Gasteiger partial charge in [0.05, 0.1) is 12.3 Å². The van der Waals surface area contributed by atoms with E-state index in [0.717, 1.165) is 18.4 Å². The lowest BCUT2D eigenvalue weighted by molar-refractivity contribution is 0.401. The van der Waals surface area contributed by atoms with Gasteiger partial charge in [-0.05, 0) is 19.4 Å². The topological polar surface area (TPSA) is 78.1 Å². The van der Waals surface area contributed by atoms with Crippen LogP contribution in [0.2, 0.25) is 0 Å². The quantitative estimate of drug-likeness (QED) is 0.857. The second-order valence-electron chi connectivity index (χ2n) is 3.79. The lowest BCUT2D eigenvalue weighted by Crippen LogP contribution is -2.11. The number of hydrogen-bond donors (Lipinski definition) is 1. The molecule has 1 unspecified atom stereocenters. The maximum Gasteiger partial charge on any atom is 0.293 e. The molecule has 2 N–H and O–H groups in total. The molecule has 0 saturated heterocycles. The first kappa shape index (κ1) is 10.9. The third-order valence-corrected chi connectivity index (χ3v) is 2.43. The molecule has 0 amide bonds. The minimum absolute atomic E-state index is 0.169. The molecule has 0 radical (unpaired) electrons. The van der Waals surface area contributed by atoms with Gasteiger partial charge in [0.2, 0.25) is 0 Å². The zero-order valence-electron chi connectivity index (χ0n) is 9.43. The van der Waals surface area contributed by atoms with E-state index >= 15 is 0 Å². The predicted octanol–water partition coefficient (Wildman–Crippen LogP) is 2.44. The molecular weight excluding hydrogens is 206 g/mol. The number of hydrogen-bond acceptors (Lipinski definition) is 5. The molecule has 86 valence electrons. The van der Waals surface area contributed by atoms with Crippen LogP contribution in [0.5, 0.6) is 0 Å². The van der Waals surface area contributed by atoms with Gasteiger partial charge in [-0.15, -0.1) is 0 Å². The summed E-state index contributed by atoms with van der Waals surface area (Å²) in [6.45, 7) is 3.99. The van der Waals surface area contributed by atoms with E-state index < -0.39 is 0 Å². The van der Waals surface area contributed by atoms with Gasteiger partial charge >= 0.3 is 0 Å². The molecule has 2 heterocycles. The summed E-state index contributed by atoms with van der Waals surface area (Å²) in [5.74, 6) is 1.54. The Bertz CT molecular complexity index is 461. The summed E-state index contributed by atoms with van der Waals surface area (Å²) in [5, 5.41) is 3.86. The predicted molar refractivity (Wildman–Crippen MR) is 58.6 cm³/mol. The van der Waals surface area contributed by atoms with Crippen molar-refractivity contribution in [3.05, 3.63) is 23.7 Å². The lowest BCUT2D eigenvalue weighted by atomic mass is 10.2. The fourth-order valence-corrected chi connectivity index (χ4v) is 1.51. The smallest absolute Gasteiger partial charge is 0.293 e. The van der Waals surface area contributed by atoms with Gasteiger partial charge in [-0.25, -0.2) is 0 Å². The summed E-state index contributed by atoms with van der Waals surface area (Å²) >= 11 is 0. The van der Waals surface area contributed by atoms with Crippen molar-refractivity contribution in [2.24, 2.45) is 5.73 Å². The van der Waals surface area contributed by atoms with Crippen LogP contribution >= 0.6 is 0 Å². The van der Waals surface area contributed by atoms with E-state index in [1.165, 1.54) is 0 Å². The zero-order valence-corrected chi connectivity index (χ0v) is 9.43. The van der Waals surface area contributed by atoms with Crippen molar-refractivity contribution in [2.45, 2.75) is 32.7 Å². The van der Waals surface area contributed by atoms with Crippen molar-refractivity contribution in [1.29, 1.82) is 0 Å². The molecule has 0 aliphatic rings. The van der Waals surface area contributed by atoms with Crippen LogP contribution in [0.15, 0.2) is 21.3 Å². The molecule has 2 rings (SSSR count). The third-order valence-electron chi connectivity index (χ3n) is 2.43. The van der Waals surface area contributed by atoms with E-state index in [9.17, 15) is 0 Å². The van der Waals surface area contributed by atoms with Crippen LogP contribution in [0.25, 0.3) is 11.7 Å². The van der Waals surface area contributed by atoms with Gasteiger partial charge in [-0.2, -0.15) is 4.98 Å². The highest BCUT2D eigenvalue weighted by atomic mass is 16.5. The van der Waals surface area contributed by atoms with Crippen LogP contribution in [-0.2, 0) is 0 Å². The molecule has 5 nitrogen and oxygen atoms in total. The van der Waals surface area contributed by atoms with Crippen molar-refractivity contribution < 1.29 is 8.94 Å². The molecule has 0 aliphatic heterocycles. The van der Waals surface area contributed by atoms with Crippen LogP contribution in [0, 0.1) is 6.92 Å². The van der Waals surface area contributed by atoms with E-state index in [-0.39, 0.29) is 6.04 Å². The van der Waals surface area contributed by atoms with E-state index in [1.807, 2.05) is 13.0 Å². The van der Waals surface area contributed by atoms with E-state index in [4.69, 9.17) is 14.7 Å². The fourth-order valence-electron chi connectivity index (χ4n) is 1.51. The molecule has 0 spiro atoms. The van der Waals surface area contributed by atoms with Crippen molar-refractivity contribution in [3.63, 3.8) is 0 Å². The molecular formula is C11H15N3O2. The lowest BCUT2D eigenvalue weighted by Gasteiger charge is -2.02. The molecule has 0 aliphatic carbocycles. The highest BCUT2D eigenvalue weighted by Crippen LogP contribution is 2.23. The molecule has 1 atom stereocenters. The van der Waals surface area contributed by atoms with E-state index in [2.05, 4.69) is 17.1 Å². The number of aromatic nitrogens is 2. The SMILES string of the molecule is CCCC(N)c1noc(-c2occc2C)n1. The van der Waals surface area contributed by atoms with Gasteiger partial charge in [0.15, 0.2) is 11.6 Å².